The fraction of sp³-hybridized carbons (Fsp3) is 0.0800. The Hall–Kier alpha value is -4.60. The van der Waals surface area contributed by atoms with Crippen molar-refractivity contribution in [1.82, 2.24) is 9.97 Å². The molecule has 0 saturated carbocycles. The zero-order valence-corrected chi connectivity index (χ0v) is 18.1. The quantitative estimate of drug-likeness (QED) is 0.293. The summed E-state index contributed by atoms with van der Waals surface area (Å²) in [6.45, 7) is 2.91. The Morgan fingerprint density at radius 2 is 1.77 bits per heavy atom. The largest absolute Gasteiger partial charge is 0.444 e. The number of carbonyl (C=O) groups excluding carboxylic acids is 2. The van der Waals surface area contributed by atoms with E-state index < -0.39 is 23.7 Å². The van der Waals surface area contributed by atoms with Gasteiger partial charge in [-0.25, -0.2) is 9.78 Å². The Labute approximate surface area is 197 Å². The first-order valence-electron chi connectivity index (χ1n) is 10.3. The minimum Gasteiger partial charge on any atom is -0.444 e. The average Bonchev–Trinajstić information content (AvgIpc) is 3.26. The van der Waals surface area contributed by atoms with E-state index in [4.69, 9.17) is 4.74 Å². The summed E-state index contributed by atoms with van der Waals surface area (Å²) in [7, 11) is 0. The van der Waals surface area contributed by atoms with Crippen LogP contribution in [0.3, 0.4) is 0 Å². The normalized spacial score (nSPS) is 11.2. The van der Waals surface area contributed by atoms with E-state index in [1.54, 1.807) is 24.4 Å². The lowest BCUT2D eigenvalue weighted by atomic mass is 10.0. The number of amides is 2. The van der Waals surface area contributed by atoms with Crippen LogP contribution >= 0.6 is 0 Å². The van der Waals surface area contributed by atoms with Gasteiger partial charge in [-0.3, -0.25) is 10.1 Å². The number of halogens is 3. The summed E-state index contributed by atoms with van der Waals surface area (Å²) in [6, 6.07) is 17.2. The molecule has 0 atom stereocenters. The lowest BCUT2D eigenvalue weighted by molar-refractivity contribution is -0.126. The van der Waals surface area contributed by atoms with Crippen LogP contribution in [-0.4, -0.2) is 28.1 Å². The molecule has 3 N–H and O–H groups in total. The average molecular weight is 480 g/mol. The fourth-order valence-electron chi connectivity index (χ4n) is 3.29. The highest BCUT2D eigenvalue weighted by atomic mass is 19.4. The minimum atomic E-state index is -4.82. The van der Waals surface area contributed by atoms with Gasteiger partial charge in [0.25, 0.3) is 5.91 Å². The third kappa shape index (κ3) is 5.67. The number of H-pyrrole nitrogens is 1. The van der Waals surface area contributed by atoms with Crippen LogP contribution in [0.1, 0.15) is 5.56 Å². The molecule has 0 aliphatic rings. The highest BCUT2D eigenvalue weighted by Gasteiger charge is 2.36. The summed E-state index contributed by atoms with van der Waals surface area (Å²) in [4.78, 5) is 31.3. The SMILES string of the molecule is C=C(C(=O)Nc1cccc(-c2c[nH]c3ncc(NC(=O)OCc4ccccc4)cc23)c1)C(F)(F)F. The topological polar surface area (TPSA) is 96.1 Å². The van der Waals surface area contributed by atoms with Crippen molar-refractivity contribution in [2.75, 3.05) is 10.6 Å². The maximum absolute atomic E-state index is 12.7. The molecule has 0 radical (unpaired) electrons. The molecule has 0 fully saturated rings. The molecule has 178 valence electrons. The number of pyridine rings is 1. The smallest absolute Gasteiger partial charge is 0.421 e. The molecular weight excluding hydrogens is 461 g/mol. The first-order valence-corrected chi connectivity index (χ1v) is 10.3. The zero-order valence-electron chi connectivity index (χ0n) is 18.1. The van der Waals surface area contributed by atoms with Gasteiger partial charge in [-0.1, -0.05) is 49.0 Å². The third-order valence-electron chi connectivity index (χ3n) is 5.04. The number of anilines is 2. The summed E-state index contributed by atoms with van der Waals surface area (Å²) in [5.41, 5.74) is 1.71. The first-order chi connectivity index (χ1) is 16.7. The maximum Gasteiger partial charge on any atom is 0.421 e. The number of fused-ring (bicyclic) bond motifs is 1. The van der Waals surface area contributed by atoms with Crippen LogP contribution in [0.5, 0.6) is 0 Å². The highest BCUT2D eigenvalue weighted by Crippen LogP contribution is 2.31. The molecule has 0 saturated heterocycles. The number of hydrogen-bond acceptors (Lipinski definition) is 4. The van der Waals surface area contributed by atoms with E-state index in [1.807, 2.05) is 30.3 Å². The van der Waals surface area contributed by atoms with E-state index in [-0.39, 0.29) is 12.3 Å². The van der Waals surface area contributed by atoms with Gasteiger partial charge in [0, 0.05) is 22.8 Å². The fourth-order valence-corrected chi connectivity index (χ4v) is 3.29. The summed E-state index contributed by atoms with van der Waals surface area (Å²) in [5.74, 6) is -1.34. The number of hydrogen-bond donors (Lipinski definition) is 3. The standard InChI is InChI=1S/C25H19F3N4O3/c1-15(25(26,27)28)23(33)31-18-9-5-8-17(10-18)21-13-30-22-20(21)11-19(12-29-22)32-24(34)35-14-16-6-3-2-4-7-16/h2-13H,1,14H2,(H,29,30)(H,31,33)(H,32,34). The van der Waals surface area contributed by atoms with Gasteiger partial charge in [-0.2, -0.15) is 13.2 Å². The van der Waals surface area contributed by atoms with Crippen LogP contribution in [0.2, 0.25) is 0 Å². The molecule has 10 heteroatoms. The van der Waals surface area contributed by atoms with E-state index in [2.05, 4.69) is 27.2 Å². The molecular formula is C25H19F3N4O3. The summed E-state index contributed by atoms with van der Waals surface area (Å²) >= 11 is 0. The molecule has 2 aromatic carbocycles. The van der Waals surface area contributed by atoms with Crippen molar-refractivity contribution in [2.45, 2.75) is 12.8 Å². The van der Waals surface area contributed by atoms with Crippen molar-refractivity contribution in [2.24, 2.45) is 0 Å². The molecule has 7 nitrogen and oxygen atoms in total. The van der Waals surface area contributed by atoms with Crippen molar-refractivity contribution in [3.8, 4) is 11.1 Å². The second-order valence-corrected chi connectivity index (χ2v) is 7.52. The Kier molecular flexibility index (Phi) is 6.54. The molecule has 2 amide bonds. The highest BCUT2D eigenvalue weighted by molar-refractivity contribution is 6.05. The van der Waals surface area contributed by atoms with Crippen molar-refractivity contribution in [3.05, 3.63) is 90.8 Å². The Morgan fingerprint density at radius 1 is 1.00 bits per heavy atom. The van der Waals surface area contributed by atoms with Crippen molar-refractivity contribution >= 4 is 34.4 Å². The maximum atomic E-state index is 12.7. The number of nitrogens with zero attached hydrogens (tertiary/aromatic N) is 1. The van der Waals surface area contributed by atoms with Crippen LogP contribution in [-0.2, 0) is 16.1 Å². The number of benzene rings is 2. The van der Waals surface area contributed by atoms with Gasteiger partial charge < -0.3 is 15.0 Å². The van der Waals surface area contributed by atoms with Crippen LogP contribution in [0, 0.1) is 0 Å². The van der Waals surface area contributed by atoms with E-state index in [0.29, 0.717) is 27.8 Å². The van der Waals surface area contributed by atoms with Crippen molar-refractivity contribution in [1.29, 1.82) is 0 Å². The zero-order chi connectivity index (χ0) is 25.0. The van der Waals surface area contributed by atoms with E-state index in [1.165, 1.54) is 18.3 Å². The van der Waals surface area contributed by atoms with E-state index in [0.717, 1.165) is 5.56 Å². The Balaban J connectivity index is 1.51. The number of aromatic amines is 1. The van der Waals surface area contributed by atoms with Crippen molar-refractivity contribution in [3.63, 3.8) is 0 Å². The lowest BCUT2D eigenvalue weighted by Gasteiger charge is -2.11. The molecule has 2 heterocycles. The number of ether oxygens (including phenoxy) is 1. The molecule has 0 aliphatic carbocycles. The number of rotatable bonds is 6. The molecule has 2 aromatic heterocycles. The van der Waals surface area contributed by atoms with Gasteiger partial charge in [0.1, 0.15) is 17.8 Å². The second kappa shape index (κ2) is 9.72. The Bertz CT molecular complexity index is 1400. The monoisotopic (exact) mass is 480 g/mol. The number of alkyl halides is 3. The van der Waals surface area contributed by atoms with E-state index >= 15 is 0 Å². The van der Waals surface area contributed by atoms with Crippen LogP contribution in [0.4, 0.5) is 29.3 Å². The van der Waals surface area contributed by atoms with Gasteiger partial charge in [0.05, 0.1) is 11.9 Å². The van der Waals surface area contributed by atoms with Gasteiger partial charge in [-0.15, -0.1) is 0 Å². The van der Waals surface area contributed by atoms with Crippen LogP contribution < -0.4 is 10.6 Å². The summed E-state index contributed by atoms with van der Waals surface area (Å²) in [5, 5.41) is 5.48. The molecule has 4 aromatic rings. The molecule has 4 rings (SSSR count). The van der Waals surface area contributed by atoms with Gasteiger partial charge in [0.15, 0.2) is 0 Å². The molecule has 0 spiro atoms. The van der Waals surface area contributed by atoms with Gasteiger partial charge in [0.2, 0.25) is 0 Å². The summed E-state index contributed by atoms with van der Waals surface area (Å²) in [6.07, 6.45) is -2.34. The molecule has 0 unspecified atom stereocenters. The molecule has 35 heavy (non-hydrogen) atoms. The predicted molar refractivity (Wildman–Crippen MR) is 126 cm³/mol. The van der Waals surface area contributed by atoms with Gasteiger partial charge in [-0.05, 0) is 29.3 Å². The first kappa shape index (κ1) is 23.6. The number of carbonyl (C=O) groups is 2. The number of aromatic nitrogens is 2. The number of nitrogens with one attached hydrogen (secondary N) is 3. The Morgan fingerprint density at radius 3 is 2.51 bits per heavy atom. The predicted octanol–water partition coefficient (Wildman–Crippen LogP) is 6.04. The van der Waals surface area contributed by atoms with E-state index in [9.17, 15) is 22.8 Å². The lowest BCUT2D eigenvalue weighted by Crippen LogP contribution is -2.24. The van der Waals surface area contributed by atoms with Crippen LogP contribution in [0.25, 0.3) is 22.2 Å². The minimum absolute atomic E-state index is 0.108. The molecule has 0 aliphatic heterocycles. The third-order valence-corrected chi connectivity index (χ3v) is 5.04. The summed E-state index contributed by atoms with van der Waals surface area (Å²) < 4.78 is 43.4. The van der Waals surface area contributed by atoms with Crippen LogP contribution in [0.15, 0.2) is 85.2 Å². The van der Waals surface area contributed by atoms with Gasteiger partial charge >= 0.3 is 12.3 Å². The second-order valence-electron chi connectivity index (χ2n) is 7.52. The molecule has 0 bridgehead atoms. The van der Waals surface area contributed by atoms with Crippen molar-refractivity contribution < 1.29 is 27.5 Å².